The molecule has 0 saturated carbocycles. The Kier molecular flexibility index (Phi) is 4.69. The van der Waals surface area contributed by atoms with E-state index in [0.717, 1.165) is 16.6 Å². The molecule has 0 spiro atoms. The Hall–Kier alpha value is -3.04. The van der Waals surface area contributed by atoms with Gasteiger partial charge in [-0.3, -0.25) is 0 Å². The fraction of sp³-hybridized carbons (Fsp3) is 0.0870. The van der Waals surface area contributed by atoms with Crippen LogP contribution in [0, 0.1) is 0 Å². The van der Waals surface area contributed by atoms with E-state index in [1.807, 2.05) is 38.4 Å². The van der Waals surface area contributed by atoms with Crippen LogP contribution in [0.15, 0.2) is 71.1 Å². The fourth-order valence-corrected chi connectivity index (χ4v) is 3.00. The summed E-state index contributed by atoms with van der Waals surface area (Å²) in [7, 11) is 4.08. The maximum absolute atomic E-state index is 6.01. The number of fused-ring (bicyclic) bond motifs is 1. The summed E-state index contributed by atoms with van der Waals surface area (Å²) in [6, 6.07) is 22.1. The van der Waals surface area contributed by atoms with Crippen LogP contribution in [0.2, 0.25) is 5.02 Å². The number of hydrogen-bond acceptors (Lipinski definition) is 3. The van der Waals surface area contributed by atoms with Gasteiger partial charge in [0.25, 0.3) is 0 Å². The van der Waals surface area contributed by atoms with Gasteiger partial charge in [0, 0.05) is 36.4 Å². The summed E-state index contributed by atoms with van der Waals surface area (Å²) in [5.41, 5.74) is 5.92. The molecular formula is C23H19ClN2O. The zero-order valence-electron chi connectivity index (χ0n) is 15.2. The van der Waals surface area contributed by atoms with Crippen molar-refractivity contribution in [2.45, 2.75) is 0 Å². The molecule has 4 heteroatoms. The highest BCUT2D eigenvalue weighted by molar-refractivity contribution is 6.31. The van der Waals surface area contributed by atoms with Crippen LogP contribution in [-0.4, -0.2) is 19.1 Å². The maximum atomic E-state index is 6.01. The molecule has 3 aromatic carbocycles. The van der Waals surface area contributed by atoms with E-state index in [-0.39, 0.29) is 0 Å². The highest BCUT2D eigenvalue weighted by Gasteiger charge is 2.08. The topological polar surface area (TPSA) is 29.3 Å². The quantitative estimate of drug-likeness (QED) is 0.388. The average Bonchev–Trinajstić information content (AvgIpc) is 3.10. The second kappa shape index (κ2) is 7.29. The van der Waals surface area contributed by atoms with Crippen LogP contribution in [0.4, 0.5) is 5.69 Å². The zero-order chi connectivity index (χ0) is 18.8. The molecule has 1 aromatic heterocycles. The number of hydrogen-bond donors (Lipinski definition) is 0. The lowest BCUT2D eigenvalue weighted by atomic mass is 10.1. The van der Waals surface area contributed by atoms with Gasteiger partial charge in [-0.15, -0.1) is 0 Å². The van der Waals surface area contributed by atoms with Crippen molar-refractivity contribution in [3.63, 3.8) is 0 Å². The first-order valence-corrected chi connectivity index (χ1v) is 9.08. The molecule has 134 valence electrons. The highest BCUT2D eigenvalue weighted by Crippen LogP contribution is 2.26. The Morgan fingerprint density at radius 3 is 2.11 bits per heavy atom. The van der Waals surface area contributed by atoms with Crippen LogP contribution in [0.5, 0.6) is 0 Å². The van der Waals surface area contributed by atoms with E-state index in [2.05, 4.69) is 58.4 Å². The Morgan fingerprint density at radius 2 is 1.48 bits per heavy atom. The Labute approximate surface area is 163 Å². The Bertz CT molecular complexity index is 1090. The molecule has 0 aliphatic heterocycles. The normalized spacial score (nSPS) is 11.4. The van der Waals surface area contributed by atoms with E-state index in [1.165, 1.54) is 11.3 Å². The number of benzene rings is 3. The van der Waals surface area contributed by atoms with Crippen molar-refractivity contribution >= 4 is 40.5 Å². The summed E-state index contributed by atoms with van der Waals surface area (Å²) in [6.45, 7) is 0. The number of anilines is 1. The van der Waals surface area contributed by atoms with E-state index in [0.29, 0.717) is 16.5 Å². The lowest BCUT2D eigenvalue weighted by molar-refractivity contribution is 0.620. The number of nitrogens with zero attached hydrogens (tertiary/aromatic N) is 2. The number of oxazole rings is 1. The first kappa shape index (κ1) is 17.4. The second-order valence-electron chi connectivity index (χ2n) is 6.57. The van der Waals surface area contributed by atoms with Crippen LogP contribution in [-0.2, 0) is 0 Å². The minimum Gasteiger partial charge on any atom is -0.436 e. The Balaban J connectivity index is 1.52. The number of aromatic nitrogens is 1. The molecule has 0 fully saturated rings. The van der Waals surface area contributed by atoms with Crippen molar-refractivity contribution in [3.8, 4) is 11.5 Å². The van der Waals surface area contributed by atoms with Gasteiger partial charge in [0.15, 0.2) is 5.58 Å². The first-order valence-electron chi connectivity index (χ1n) is 8.70. The van der Waals surface area contributed by atoms with E-state index >= 15 is 0 Å². The molecule has 0 unspecified atom stereocenters. The minimum absolute atomic E-state index is 0.599. The van der Waals surface area contributed by atoms with Gasteiger partial charge < -0.3 is 9.32 Å². The molecule has 1 heterocycles. The maximum Gasteiger partial charge on any atom is 0.227 e. The molecule has 0 radical (unpaired) electrons. The van der Waals surface area contributed by atoms with Crippen LogP contribution in [0.3, 0.4) is 0 Å². The lowest BCUT2D eigenvalue weighted by Gasteiger charge is -2.11. The average molecular weight is 375 g/mol. The van der Waals surface area contributed by atoms with E-state index < -0.39 is 0 Å². The van der Waals surface area contributed by atoms with Gasteiger partial charge in [0.1, 0.15) is 5.52 Å². The predicted octanol–water partition coefficient (Wildman–Crippen LogP) is 6.38. The van der Waals surface area contributed by atoms with Crippen molar-refractivity contribution in [2.24, 2.45) is 0 Å². The SMILES string of the molecule is CN(C)c1ccc(/C=C/c2ccc(-c3nc4ccc(Cl)cc4o3)cc2)cc1. The number of rotatable bonds is 4. The van der Waals surface area contributed by atoms with Gasteiger partial charge in [0.2, 0.25) is 5.89 Å². The predicted molar refractivity (Wildman–Crippen MR) is 114 cm³/mol. The van der Waals surface area contributed by atoms with Crippen molar-refractivity contribution in [3.05, 3.63) is 82.9 Å². The second-order valence-corrected chi connectivity index (χ2v) is 7.01. The van der Waals surface area contributed by atoms with Gasteiger partial charge in [-0.1, -0.05) is 48.0 Å². The fourth-order valence-electron chi connectivity index (χ4n) is 2.83. The summed E-state index contributed by atoms with van der Waals surface area (Å²) in [4.78, 5) is 6.61. The summed E-state index contributed by atoms with van der Waals surface area (Å²) < 4.78 is 5.82. The van der Waals surface area contributed by atoms with Gasteiger partial charge in [0.05, 0.1) is 0 Å². The smallest absolute Gasteiger partial charge is 0.227 e. The standard InChI is InChI=1S/C23H19ClN2O/c1-26(2)20-12-7-17(8-13-20)4-3-16-5-9-18(10-6-16)23-25-21-14-11-19(24)15-22(21)27-23/h3-15H,1-2H3/b4-3+. The molecule has 0 bridgehead atoms. The molecule has 0 aliphatic carbocycles. The van der Waals surface area contributed by atoms with Crippen molar-refractivity contribution in [2.75, 3.05) is 19.0 Å². The number of halogens is 1. The van der Waals surface area contributed by atoms with Crippen LogP contribution >= 0.6 is 11.6 Å². The molecule has 4 rings (SSSR count). The summed E-state index contributed by atoms with van der Waals surface area (Å²) in [5, 5.41) is 0.643. The molecule has 27 heavy (non-hydrogen) atoms. The molecular weight excluding hydrogens is 356 g/mol. The molecule has 0 saturated heterocycles. The van der Waals surface area contributed by atoms with Crippen molar-refractivity contribution < 1.29 is 4.42 Å². The molecule has 3 nitrogen and oxygen atoms in total. The van der Waals surface area contributed by atoms with Gasteiger partial charge in [-0.2, -0.15) is 0 Å². The summed E-state index contributed by atoms with van der Waals surface area (Å²) in [6.07, 6.45) is 4.20. The lowest BCUT2D eigenvalue weighted by Crippen LogP contribution is -2.07. The highest BCUT2D eigenvalue weighted by atomic mass is 35.5. The first-order chi connectivity index (χ1) is 13.1. The molecule has 0 N–H and O–H groups in total. The third-order valence-electron chi connectivity index (χ3n) is 4.39. The van der Waals surface area contributed by atoms with Gasteiger partial charge in [-0.05, 0) is 47.5 Å². The van der Waals surface area contributed by atoms with E-state index in [4.69, 9.17) is 16.0 Å². The summed E-state index contributed by atoms with van der Waals surface area (Å²) in [5.74, 6) is 0.599. The Morgan fingerprint density at radius 1 is 0.852 bits per heavy atom. The monoisotopic (exact) mass is 374 g/mol. The zero-order valence-corrected chi connectivity index (χ0v) is 15.9. The summed E-state index contributed by atoms with van der Waals surface area (Å²) >= 11 is 6.01. The third-order valence-corrected chi connectivity index (χ3v) is 4.62. The minimum atomic E-state index is 0.599. The van der Waals surface area contributed by atoms with Crippen molar-refractivity contribution in [1.29, 1.82) is 0 Å². The van der Waals surface area contributed by atoms with Crippen molar-refractivity contribution in [1.82, 2.24) is 4.98 Å². The van der Waals surface area contributed by atoms with Gasteiger partial charge >= 0.3 is 0 Å². The van der Waals surface area contributed by atoms with Gasteiger partial charge in [-0.25, -0.2) is 4.98 Å². The van der Waals surface area contributed by atoms with E-state index in [9.17, 15) is 0 Å². The van der Waals surface area contributed by atoms with Crippen LogP contribution in [0.25, 0.3) is 34.7 Å². The molecule has 0 aliphatic rings. The molecule has 0 amide bonds. The van der Waals surface area contributed by atoms with Crippen LogP contribution < -0.4 is 4.90 Å². The molecule has 4 aromatic rings. The third kappa shape index (κ3) is 3.88. The van der Waals surface area contributed by atoms with E-state index in [1.54, 1.807) is 6.07 Å². The largest absolute Gasteiger partial charge is 0.436 e. The van der Waals surface area contributed by atoms with Crippen LogP contribution in [0.1, 0.15) is 11.1 Å². The molecule has 0 atom stereocenters.